The molecule has 2 nitrogen and oxygen atoms in total. The molecule has 2 saturated carbocycles. The molecule has 0 aromatic carbocycles. The van der Waals surface area contributed by atoms with Gasteiger partial charge in [-0.25, -0.2) is 0 Å². The Bertz CT molecular complexity index is 195. The molecule has 4 atom stereocenters. The summed E-state index contributed by atoms with van der Waals surface area (Å²) in [5.74, 6) is 1.64. The third-order valence-corrected chi connectivity index (χ3v) is 4.15. The third-order valence-electron chi connectivity index (χ3n) is 4.15. The summed E-state index contributed by atoms with van der Waals surface area (Å²) in [7, 11) is 0. The van der Waals surface area contributed by atoms with Crippen molar-refractivity contribution in [3.05, 3.63) is 0 Å². The molecule has 0 amide bonds. The lowest BCUT2D eigenvalue weighted by Crippen LogP contribution is -2.34. The quantitative estimate of drug-likeness (QED) is 0.751. The van der Waals surface area contributed by atoms with Gasteiger partial charge in [-0.2, -0.15) is 0 Å². The van der Waals surface area contributed by atoms with Crippen LogP contribution in [0, 0.1) is 11.8 Å². The van der Waals surface area contributed by atoms with Gasteiger partial charge in [0.05, 0.1) is 6.10 Å². The first-order chi connectivity index (χ1) is 7.24. The molecule has 2 N–H and O–H groups in total. The van der Waals surface area contributed by atoms with Gasteiger partial charge in [-0.1, -0.05) is 13.3 Å². The van der Waals surface area contributed by atoms with Crippen LogP contribution in [0.4, 0.5) is 0 Å². The van der Waals surface area contributed by atoms with Crippen molar-refractivity contribution in [3.8, 4) is 0 Å². The van der Waals surface area contributed by atoms with Crippen LogP contribution in [-0.2, 0) is 0 Å². The molecule has 0 bridgehead atoms. The van der Waals surface area contributed by atoms with Gasteiger partial charge in [0.2, 0.25) is 0 Å². The molecule has 0 spiro atoms. The van der Waals surface area contributed by atoms with E-state index >= 15 is 0 Å². The zero-order valence-corrected chi connectivity index (χ0v) is 9.91. The van der Waals surface area contributed by atoms with Crippen LogP contribution in [0.5, 0.6) is 0 Å². The van der Waals surface area contributed by atoms with Gasteiger partial charge < -0.3 is 10.4 Å². The van der Waals surface area contributed by atoms with Crippen molar-refractivity contribution in [2.45, 2.75) is 64.0 Å². The van der Waals surface area contributed by atoms with Crippen LogP contribution in [0.3, 0.4) is 0 Å². The second-order valence-electron chi connectivity index (χ2n) is 5.71. The number of hydrogen-bond donors (Lipinski definition) is 2. The normalized spacial score (nSPS) is 42.0. The lowest BCUT2D eigenvalue weighted by atomic mass is 9.87. The molecule has 0 radical (unpaired) electrons. The van der Waals surface area contributed by atoms with Crippen molar-refractivity contribution in [2.24, 2.45) is 11.8 Å². The Morgan fingerprint density at radius 2 is 2.00 bits per heavy atom. The van der Waals surface area contributed by atoms with Gasteiger partial charge >= 0.3 is 0 Å². The number of rotatable bonds is 3. The Labute approximate surface area is 93.5 Å². The van der Waals surface area contributed by atoms with E-state index in [-0.39, 0.29) is 6.10 Å². The predicted molar refractivity (Wildman–Crippen MR) is 62.8 cm³/mol. The van der Waals surface area contributed by atoms with Crippen molar-refractivity contribution in [1.29, 1.82) is 0 Å². The Hall–Kier alpha value is -0.0800. The van der Waals surface area contributed by atoms with E-state index in [0.29, 0.717) is 0 Å². The monoisotopic (exact) mass is 211 g/mol. The minimum atomic E-state index is -0.0203. The molecular formula is C13H25NO. The zero-order chi connectivity index (χ0) is 10.7. The Kier molecular flexibility index (Phi) is 4.04. The summed E-state index contributed by atoms with van der Waals surface area (Å²) in [6.07, 6.45) is 8.66. The molecule has 15 heavy (non-hydrogen) atoms. The highest BCUT2D eigenvalue weighted by Crippen LogP contribution is 2.27. The molecule has 88 valence electrons. The Morgan fingerprint density at radius 1 is 1.13 bits per heavy atom. The van der Waals surface area contributed by atoms with E-state index in [9.17, 15) is 5.11 Å². The van der Waals surface area contributed by atoms with E-state index in [1.807, 2.05) is 0 Å². The van der Waals surface area contributed by atoms with Crippen LogP contribution < -0.4 is 5.32 Å². The predicted octanol–water partition coefficient (Wildman–Crippen LogP) is 2.32. The van der Waals surface area contributed by atoms with Crippen LogP contribution in [0.25, 0.3) is 0 Å². The topological polar surface area (TPSA) is 32.3 Å². The lowest BCUT2D eigenvalue weighted by Gasteiger charge is -2.27. The Balaban J connectivity index is 1.64. The molecule has 2 aliphatic rings. The van der Waals surface area contributed by atoms with Crippen LogP contribution in [0.1, 0.15) is 51.9 Å². The first-order valence-electron chi connectivity index (χ1n) is 6.65. The molecule has 0 heterocycles. The van der Waals surface area contributed by atoms with Crippen LogP contribution in [-0.4, -0.2) is 23.8 Å². The Morgan fingerprint density at radius 3 is 2.67 bits per heavy atom. The van der Waals surface area contributed by atoms with Crippen LogP contribution in [0.2, 0.25) is 0 Å². The third kappa shape index (κ3) is 3.46. The summed E-state index contributed by atoms with van der Waals surface area (Å²) < 4.78 is 0. The molecule has 0 saturated heterocycles. The van der Waals surface area contributed by atoms with Gasteiger partial charge in [-0.3, -0.25) is 0 Å². The number of hydrogen-bond acceptors (Lipinski definition) is 2. The summed E-state index contributed by atoms with van der Waals surface area (Å²) in [5.41, 5.74) is 0. The van der Waals surface area contributed by atoms with Crippen molar-refractivity contribution < 1.29 is 5.11 Å². The summed E-state index contributed by atoms with van der Waals surface area (Å²) in [4.78, 5) is 0. The molecule has 0 aliphatic heterocycles. The fourth-order valence-electron chi connectivity index (χ4n) is 3.17. The maximum Gasteiger partial charge on any atom is 0.0543 e. The summed E-state index contributed by atoms with van der Waals surface area (Å²) >= 11 is 0. The van der Waals surface area contributed by atoms with Gasteiger partial charge in [0.15, 0.2) is 0 Å². The molecule has 2 heteroatoms. The van der Waals surface area contributed by atoms with Crippen LogP contribution in [0.15, 0.2) is 0 Å². The highest BCUT2D eigenvalue weighted by Gasteiger charge is 2.24. The molecule has 2 aliphatic carbocycles. The van der Waals surface area contributed by atoms with E-state index < -0.39 is 0 Å². The van der Waals surface area contributed by atoms with Gasteiger partial charge in [-0.05, 0) is 56.9 Å². The van der Waals surface area contributed by atoms with Gasteiger partial charge in [-0.15, -0.1) is 0 Å². The van der Waals surface area contributed by atoms with Crippen molar-refractivity contribution in [2.75, 3.05) is 6.54 Å². The summed E-state index contributed by atoms with van der Waals surface area (Å²) in [6, 6.07) is 0.763. The molecular weight excluding hydrogens is 186 g/mol. The number of aliphatic hydroxyl groups is 1. The average Bonchev–Trinajstić information content (AvgIpc) is 2.62. The number of nitrogens with one attached hydrogen (secondary N) is 1. The van der Waals surface area contributed by atoms with Gasteiger partial charge in [0.1, 0.15) is 0 Å². The molecule has 0 aromatic rings. The van der Waals surface area contributed by atoms with Crippen molar-refractivity contribution >= 4 is 0 Å². The number of aliphatic hydroxyl groups excluding tert-OH is 1. The first kappa shape index (κ1) is 11.4. The molecule has 2 rings (SSSR count). The average molecular weight is 211 g/mol. The molecule has 2 fully saturated rings. The highest BCUT2D eigenvalue weighted by molar-refractivity contribution is 4.81. The van der Waals surface area contributed by atoms with Crippen LogP contribution >= 0.6 is 0 Å². The van der Waals surface area contributed by atoms with E-state index in [0.717, 1.165) is 37.3 Å². The molecule has 0 aromatic heterocycles. The maximum absolute atomic E-state index is 9.59. The SMILES string of the molecule is CC1CCC(NCC2CCCC(O)C2)C1. The largest absolute Gasteiger partial charge is 0.393 e. The fourth-order valence-corrected chi connectivity index (χ4v) is 3.17. The summed E-state index contributed by atoms with van der Waals surface area (Å²) in [6.45, 7) is 3.49. The second kappa shape index (κ2) is 5.31. The van der Waals surface area contributed by atoms with E-state index in [1.165, 1.54) is 32.1 Å². The van der Waals surface area contributed by atoms with Crippen molar-refractivity contribution in [1.82, 2.24) is 5.32 Å². The van der Waals surface area contributed by atoms with Crippen molar-refractivity contribution in [3.63, 3.8) is 0 Å². The minimum Gasteiger partial charge on any atom is -0.393 e. The maximum atomic E-state index is 9.59. The minimum absolute atomic E-state index is 0.0203. The zero-order valence-electron chi connectivity index (χ0n) is 9.91. The highest BCUT2D eigenvalue weighted by atomic mass is 16.3. The van der Waals surface area contributed by atoms with E-state index in [1.54, 1.807) is 0 Å². The standard InChI is InChI=1S/C13H25NO/c1-10-5-6-12(7-10)14-9-11-3-2-4-13(15)8-11/h10-15H,2-9H2,1H3. The van der Waals surface area contributed by atoms with Gasteiger partial charge in [0.25, 0.3) is 0 Å². The smallest absolute Gasteiger partial charge is 0.0543 e. The van der Waals surface area contributed by atoms with E-state index in [2.05, 4.69) is 12.2 Å². The van der Waals surface area contributed by atoms with Gasteiger partial charge in [0, 0.05) is 6.04 Å². The first-order valence-corrected chi connectivity index (χ1v) is 6.65. The lowest BCUT2D eigenvalue weighted by molar-refractivity contribution is 0.0996. The second-order valence-corrected chi connectivity index (χ2v) is 5.71. The molecule has 4 unspecified atom stereocenters. The van der Waals surface area contributed by atoms with E-state index in [4.69, 9.17) is 0 Å². The summed E-state index contributed by atoms with van der Waals surface area (Å²) in [5, 5.41) is 13.3. The fraction of sp³-hybridized carbons (Fsp3) is 1.00.